The monoisotopic (exact) mass is 372 g/mol. The summed E-state index contributed by atoms with van der Waals surface area (Å²) in [5.41, 5.74) is 3.46. The van der Waals surface area contributed by atoms with Crippen molar-refractivity contribution < 1.29 is 9.53 Å². The summed E-state index contributed by atoms with van der Waals surface area (Å²) >= 11 is 1.60. The Hall–Kier alpha value is -1.88. The molecule has 0 radical (unpaired) electrons. The van der Waals surface area contributed by atoms with Gasteiger partial charge in [-0.2, -0.15) is 0 Å². The van der Waals surface area contributed by atoms with Crippen molar-refractivity contribution in [2.24, 2.45) is 5.92 Å². The largest absolute Gasteiger partial charge is 0.486 e. The molecular formula is C21H28N2O2S. The second-order valence-corrected chi connectivity index (χ2v) is 8.56. The summed E-state index contributed by atoms with van der Waals surface area (Å²) < 4.78 is 5.87. The molecule has 1 fully saturated rings. The standard InChI is InChI=1S/C21H28N2O2S/c1-14(2)9-21(24)23(18-6-7-18)11-17-13-26-20(22-17)12-25-19-8-5-15(3)16(4)10-19/h5,8,10,13-14,18H,6-7,9,11-12H2,1-4H3. The van der Waals surface area contributed by atoms with Gasteiger partial charge in [0.1, 0.15) is 17.4 Å². The third-order valence-electron chi connectivity index (χ3n) is 4.66. The minimum absolute atomic E-state index is 0.253. The number of thiazole rings is 1. The Bertz CT molecular complexity index is 765. The third-order valence-corrected chi connectivity index (χ3v) is 5.53. The summed E-state index contributed by atoms with van der Waals surface area (Å²) in [6, 6.07) is 6.55. The Morgan fingerprint density at radius 2 is 2.08 bits per heavy atom. The molecule has 0 spiro atoms. The highest BCUT2D eigenvalue weighted by Gasteiger charge is 2.33. The fourth-order valence-electron chi connectivity index (χ4n) is 2.88. The number of amides is 1. The summed E-state index contributed by atoms with van der Waals surface area (Å²) in [7, 11) is 0. The number of aryl methyl sites for hydroxylation is 2. The average Bonchev–Trinajstić information content (AvgIpc) is 3.32. The molecule has 1 heterocycles. The van der Waals surface area contributed by atoms with Gasteiger partial charge in [0.2, 0.25) is 5.91 Å². The number of aromatic nitrogens is 1. The smallest absolute Gasteiger partial charge is 0.223 e. The minimum Gasteiger partial charge on any atom is -0.486 e. The first-order valence-electron chi connectivity index (χ1n) is 9.35. The molecule has 1 aromatic heterocycles. The van der Waals surface area contributed by atoms with E-state index in [1.165, 1.54) is 11.1 Å². The van der Waals surface area contributed by atoms with Gasteiger partial charge in [0.15, 0.2) is 0 Å². The third kappa shape index (κ3) is 5.07. The number of ether oxygens (including phenoxy) is 1. The predicted molar refractivity (Wildman–Crippen MR) is 105 cm³/mol. The van der Waals surface area contributed by atoms with Crippen LogP contribution in [0.2, 0.25) is 0 Å². The maximum Gasteiger partial charge on any atom is 0.223 e. The van der Waals surface area contributed by atoms with Crippen LogP contribution in [0, 0.1) is 19.8 Å². The molecule has 1 aliphatic rings. The van der Waals surface area contributed by atoms with Crippen LogP contribution in [0.3, 0.4) is 0 Å². The van der Waals surface area contributed by atoms with E-state index in [-0.39, 0.29) is 5.91 Å². The van der Waals surface area contributed by atoms with Gasteiger partial charge in [-0.3, -0.25) is 4.79 Å². The SMILES string of the molecule is Cc1ccc(OCc2nc(CN(C(=O)CC(C)C)C3CC3)cs2)cc1C. The highest BCUT2D eigenvalue weighted by molar-refractivity contribution is 7.09. The average molecular weight is 373 g/mol. The zero-order chi connectivity index (χ0) is 18.7. The molecule has 0 unspecified atom stereocenters. The molecule has 5 heteroatoms. The van der Waals surface area contributed by atoms with Gasteiger partial charge in [-0.25, -0.2) is 4.98 Å². The van der Waals surface area contributed by atoms with Gasteiger partial charge >= 0.3 is 0 Å². The molecule has 0 aliphatic heterocycles. The Kier molecular flexibility index (Phi) is 5.97. The summed E-state index contributed by atoms with van der Waals surface area (Å²) in [5.74, 6) is 1.51. The quantitative estimate of drug-likeness (QED) is 0.663. The van der Waals surface area contributed by atoms with Crippen LogP contribution in [-0.4, -0.2) is 21.8 Å². The normalized spacial score (nSPS) is 13.9. The minimum atomic E-state index is 0.253. The maximum absolute atomic E-state index is 12.5. The van der Waals surface area contributed by atoms with Gasteiger partial charge in [-0.15, -0.1) is 11.3 Å². The molecule has 26 heavy (non-hydrogen) atoms. The Morgan fingerprint density at radius 1 is 1.31 bits per heavy atom. The molecule has 0 saturated heterocycles. The number of benzene rings is 1. The van der Waals surface area contributed by atoms with E-state index >= 15 is 0 Å². The van der Waals surface area contributed by atoms with Gasteiger partial charge in [-0.05, 0) is 55.9 Å². The van der Waals surface area contributed by atoms with Gasteiger partial charge in [0.25, 0.3) is 0 Å². The molecule has 1 saturated carbocycles. The fourth-order valence-corrected chi connectivity index (χ4v) is 3.58. The molecule has 2 aromatic rings. The molecule has 0 N–H and O–H groups in total. The number of carbonyl (C=O) groups is 1. The van der Waals surface area contributed by atoms with Crippen molar-refractivity contribution >= 4 is 17.2 Å². The molecule has 0 atom stereocenters. The van der Waals surface area contributed by atoms with Gasteiger partial charge in [0.05, 0.1) is 12.2 Å². The lowest BCUT2D eigenvalue weighted by Gasteiger charge is -2.22. The fraction of sp³-hybridized carbons (Fsp3) is 0.524. The summed E-state index contributed by atoms with van der Waals surface area (Å²) in [6.45, 7) is 9.46. The molecule has 140 valence electrons. The Balaban J connectivity index is 1.58. The predicted octanol–water partition coefficient (Wildman–Crippen LogP) is 4.88. The number of hydrogen-bond acceptors (Lipinski definition) is 4. The Morgan fingerprint density at radius 3 is 2.73 bits per heavy atom. The van der Waals surface area contributed by atoms with E-state index in [1.807, 2.05) is 11.0 Å². The summed E-state index contributed by atoms with van der Waals surface area (Å²) in [6.07, 6.45) is 2.86. The zero-order valence-electron chi connectivity index (χ0n) is 16.1. The van der Waals surface area contributed by atoms with Crippen molar-refractivity contribution in [3.8, 4) is 5.75 Å². The highest BCUT2D eigenvalue weighted by Crippen LogP contribution is 2.30. The number of nitrogens with zero attached hydrogens (tertiary/aromatic N) is 2. The van der Waals surface area contributed by atoms with Crippen molar-refractivity contribution in [3.63, 3.8) is 0 Å². The topological polar surface area (TPSA) is 42.4 Å². The van der Waals surface area contributed by atoms with Crippen molar-refractivity contribution in [1.29, 1.82) is 0 Å². The first-order chi connectivity index (χ1) is 12.4. The maximum atomic E-state index is 12.5. The van der Waals surface area contributed by atoms with Crippen LogP contribution in [0.15, 0.2) is 23.6 Å². The molecule has 4 nitrogen and oxygen atoms in total. The van der Waals surface area contributed by atoms with Crippen molar-refractivity contribution in [1.82, 2.24) is 9.88 Å². The van der Waals surface area contributed by atoms with Crippen LogP contribution in [0.4, 0.5) is 0 Å². The van der Waals surface area contributed by atoms with Crippen molar-refractivity contribution in [2.45, 2.75) is 66.2 Å². The summed E-state index contributed by atoms with van der Waals surface area (Å²) in [4.78, 5) is 19.2. The lowest BCUT2D eigenvalue weighted by molar-refractivity contribution is -0.133. The van der Waals surface area contributed by atoms with E-state index in [0.29, 0.717) is 31.5 Å². The van der Waals surface area contributed by atoms with E-state index in [9.17, 15) is 4.79 Å². The first-order valence-corrected chi connectivity index (χ1v) is 10.2. The molecule has 1 aromatic carbocycles. The molecule has 1 aliphatic carbocycles. The van der Waals surface area contributed by atoms with Crippen molar-refractivity contribution in [2.75, 3.05) is 0 Å². The zero-order valence-corrected chi connectivity index (χ0v) is 16.9. The van der Waals surface area contributed by atoms with Gasteiger partial charge in [0, 0.05) is 17.8 Å². The van der Waals surface area contributed by atoms with Crippen LogP contribution < -0.4 is 4.74 Å². The van der Waals surface area contributed by atoms with Crippen molar-refractivity contribution in [3.05, 3.63) is 45.4 Å². The highest BCUT2D eigenvalue weighted by atomic mass is 32.1. The van der Waals surface area contributed by atoms with E-state index in [4.69, 9.17) is 4.74 Å². The second kappa shape index (κ2) is 8.21. The van der Waals surface area contributed by atoms with Crippen LogP contribution in [-0.2, 0) is 17.9 Å². The second-order valence-electron chi connectivity index (χ2n) is 7.62. The molecular weight excluding hydrogens is 344 g/mol. The van der Waals surface area contributed by atoms with Crippen LogP contribution >= 0.6 is 11.3 Å². The van der Waals surface area contributed by atoms with Gasteiger partial charge < -0.3 is 9.64 Å². The van der Waals surface area contributed by atoms with E-state index in [2.05, 4.69) is 50.2 Å². The van der Waals surface area contributed by atoms with Crippen LogP contribution in [0.1, 0.15) is 54.9 Å². The van der Waals surface area contributed by atoms with E-state index < -0.39 is 0 Å². The molecule has 1 amide bonds. The lowest BCUT2D eigenvalue weighted by Crippen LogP contribution is -2.33. The summed E-state index contributed by atoms with van der Waals surface area (Å²) in [5, 5.41) is 3.00. The number of rotatable bonds is 8. The number of hydrogen-bond donors (Lipinski definition) is 0. The van der Waals surface area contributed by atoms with Crippen LogP contribution in [0.5, 0.6) is 5.75 Å². The Labute approximate surface area is 160 Å². The van der Waals surface area contributed by atoms with Crippen LogP contribution in [0.25, 0.3) is 0 Å². The van der Waals surface area contributed by atoms with Gasteiger partial charge in [-0.1, -0.05) is 19.9 Å². The number of carbonyl (C=O) groups excluding carboxylic acids is 1. The molecule has 0 bridgehead atoms. The van der Waals surface area contributed by atoms with E-state index in [0.717, 1.165) is 29.3 Å². The molecule has 3 rings (SSSR count). The lowest BCUT2D eigenvalue weighted by atomic mass is 10.1. The first kappa shape index (κ1) is 18.9. The van der Waals surface area contributed by atoms with E-state index in [1.54, 1.807) is 11.3 Å².